The van der Waals surface area contributed by atoms with Gasteiger partial charge in [0.25, 0.3) is 0 Å². The van der Waals surface area contributed by atoms with Crippen molar-refractivity contribution in [2.24, 2.45) is 0 Å². The Kier molecular flexibility index (Phi) is 4.08. The van der Waals surface area contributed by atoms with Gasteiger partial charge in [-0.25, -0.2) is 4.98 Å². The van der Waals surface area contributed by atoms with Crippen molar-refractivity contribution in [1.29, 1.82) is 0 Å². The summed E-state index contributed by atoms with van der Waals surface area (Å²) in [6.45, 7) is 3.10. The van der Waals surface area contributed by atoms with Crippen LogP contribution in [0.1, 0.15) is 19.8 Å². The fourth-order valence-electron chi connectivity index (χ4n) is 1.65. The van der Waals surface area contributed by atoms with Crippen LogP contribution in [0.4, 0.5) is 5.13 Å². The van der Waals surface area contributed by atoms with Gasteiger partial charge in [-0.1, -0.05) is 24.7 Å². The van der Waals surface area contributed by atoms with E-state index in [1.165, 1.54) is 6.42 Å². The lowest BCUT2D eigenvalue weighted by atomic mass is 10.3. The van der Waals surface area contributed by atoms with Crippen LogP contribution in [0, 0.1) is 0 Å². The number of nitrogens with zero attached hydrogens (tertiary/aromatic N) is 3. The van der Waals surface area contributed by atoms with Crippen LogP contribution < -0.4 is 5.32 Å². The molecule has 0 spiro atoms. The Balaban J connectivity index is 1.73. The van der Waals surface area contributed by atoms with E-state index in [1.807, 2.05) is 18.3 Å². The zero-order valence-corrected chi connectivity index (χ0v) is 12.6. The number of rotatable bonds is 6. The van der Waals surface area contributed by atoms with Gasteiger partial charge in [0.2, 0.25) is 5.13 Å². The molecule has 1 N–H and O–H groups in total. The Labute approximate surface area is 124 Å². The highest BCUT2D eigenvalue weighted by Crippen LogP contribution is 2.34. The van der Waals surface area contributed by atoms with E-state index in [0.29, 0.717) is 0 Å². The van der Waals surface area contributed by atoms with Crippen molar-refractivity contribution < 1.29 is 4.42 Å². The van der Waals surface area contributed by atoms with Crippen molar-refractivity contribution in [2.75, 3.05) is 11.9 Å². The second-order valence-electron chi connectivity index (χ2n) is 4.20. The lowest BCUT2D eigenvalue weighted by molar-refractivity contribution is 0.582. The first-order valence-electron chi connectivity index (χ1n) is 6.44. The molecule has 0 aliphatic carbocycles. The molecule has 3 rings (SSSR count). The van der Waals surface area contributed by atoms with Crippen LogP contribution in [0.25, 0.3) is 20.7 Å². The van der Waals surface area contributed by atoms with E-state index in [-0.39, 0.29) is 0 Å². The van der Waals surface area contributed by atoms with E-state index in [9.17, 15) is 0 Å². The monoisotopic (exact) mass is 306 g/mol. The van der Waals surface area contributed by atoms with E-state index in [2.05, 4.69) is 27.4 Å². The first-order valence-corrected chi connectivity index (χ1v) is 8.07. The average Bonchev–Trinajstić information content (AvgIpc) is 3.19. The number of nitrogens with one attached hydrogen (secondary N) is 1. The predicted octanol–water partition coefficient (Wildman–Crippen LogP) is 4.13. The van der Waals surface area contributed by atoms with Crippen LogP contribution in [-0.2, 0) is 0 Å². The minimum Gasteiger partial charge on any atom is -0.462 e. The Morgan fingerprint density at radius 3 is 3.00 bits per heavy atom. The summed E-state index contributed by atoms with van der Waals surface area (Å²) in [5.74, 6) is 0.784. The summed E-state index contributed by atoms with van der Waals surface area (Å²) in [4.78, 5) is 5.37. The molecule has 0 atom stereocenters. The zero-order valence-electron chi connectivity index (χ0n) is 11.0. The highest BCUT2D eigenvalue weighted by atomic mass is 32.1. The van der Waals surface area contributed by atoms with Crippen molar-refractivity contribution in [1.82, 2.24) is 15.2 Å². The second kappa shape index (κ2) is 6.15. The molecule has 0 unspecified atom stereocenters. The van der Waals surface area contributed by atoms with Gasteiger partial charge in [-0.2, -0.15) is 0 Å². The van der Waals surface area contributed by atoms with Gasteiger partial charge in [-0.3, -0.25) is 0 Å². The molecule has 0 saturated carbocycles. The standard InChI is InChI=1S/C13H14N4OS2/c1-2-3-6-14-13-17-16-12(20-13)10-8-15-11(19-10)9-5-4-7-18-9/h4-5,7-8H,2-3,6H2,1H3,(H,14,17). The minimum atomic E-state index is 0.784. The number of hydrogen-bond acceptors (Lipinski definition) is 7. The molecule has 0 aliphatic heterocycles. The molecule has 0 fully saturated rings. The van der Waals surface area contributed by atoms with Crippen LogP contribution >= 0.6 is 22.7 Å². The molecule has 3 aromatic heterocycles. The molecular formula is C13H14N4OS2. The molecule has 0 amide bonds. The summed E-state index contributed by atoms with van der Waals surface area (Å²) in [6.07, 6.45) is 5.77. The molecule has 20 heavy (non-hydrogen) atoms. The number of unbranched alkanes of at least 4 members (excludes halogenated alkanes) is 1. The maximum atomic E-state index is 5.34. The Bertz CT molecular complexity index is 660. The Hall–Kier alpha value is -1.73. The summed E-state index contributed by atoms with van der Waals surface area (Å²) >= 11 is 3.11. The molecule has 0 aliphatic rings. The first-order chi connectivity index (χ1) is 9.86. The van der Waals surface area contributed by atoms with Crippen LogP contribution in [0.3, 0.4) is 0 Å². The molecule has 104 valence electrons. The van der Waals surface area contributed by atoms with Gasteiger partial charge in [0.05, 0.1) is 11.1 Å². The molecule has 5 nitrogen and oxygen atoms in total. The lowest BCUT2D eigenvalue weighted by Gasteiger charge is -1.97. The van der Waals surface area contributed by atoms with E-state index < -0.39 is 0 Å². The van der Waals surface area contributed by atoms with E-state index in [0.717, 1.165) is 38.7 Å². The summed E-state index contributed by atoms with van der Waals surface area (Å²) in [7, 11) is 0. The minimum absolute atomic E-state index is 0.784. The average molecular weight is 306 g/mol. The fraction of sp³-hybridized carbons (Fsp3) is 0.308. The van der Waals surface area contributed by atoms with Crippen LogP contribution in [-0.4, -0.2) is 21.7 Å². The van der Waals surface area contributed by atoms with Crippen molar-refractivity contribution in [3.63, 3.8) is 0 Å². The van der Waals surface area contributed by atoms with Crippen LogP contribution in [0.5, 0.6) is 0 Å². The largest absolute Gasteiger partial charge is 0.462 e. The second-order valence-corrected chi connectivity index (χ2v) is 6.21. The molecule has 0 bridgehead atoms. The molecular weight excluding hydrogens is 292 g/mol. The SMILES string of the molecule is CCCCNc1nnc(-c2cnc(-c3ccco3)s2)s1. The lowest BCUT2D eigenvalue weighted by Crippen LogP contribution is -1.99. The molecule has 7 heteroatoms. The normalized spacial score (nSPS) is 10.8. The number of aromatic nitrogens is 3. The quantitative estimate of drug-likeness (QED) is 0.694. The molecule has 0 saturated heterocycles. The summed E-state index contributed by atoms with van der Waals surface area (Å²) in [5, 5.41) is 14.2. The number of anilines is 1. The number of furan rings is 1. The van der Waals surface area contributed by atoms with Gasteiger partial charge >= 0.3 is 0 Å². The number of thiazole rings is 1. The van der Waals surface area contributed by atoms with Gasteiger partial charge in [0, 0.05) is 12.7 Å². The molecule has 3 aromatic rings. The van der Waals surface area contributed by atoms with Crippen LogP contribution in [0.2, 0.25) is 0 Å². The van der Waals surface area contributed by atoms with E-state index in [4.69, 9.17) is 4.42 Å². The first kappa shape index (κ1) is 13.3. The zero-order chi connectivity index (χ0) is 13.8. The highest BCUT2D eigenvalue weighted by Gasteiger charge is 2.12. The number of hydrogen-bond donors (Lipinski definition) is 1. The Morgan fingerprint density at radius 2 is 2.20 bits per heavy atom. The van der Waals surface area contributed by atoms with Crippen molar-refractivity contribution in [2.45, 2.75) is 19.8 Å². The third-order valence-corrected chi connectivity index (χ3v) is 4.74. The summed E-state index contributed by atoms with van der Waals surface area (Å²) in [6, 6.07) is 3.76. The van der Waals surface area contributed by atoms with Gasteiger partial charge in [-0.15, -0.1) is 21.5 Å². The van der Waals surface area contributed by atoms with Gasteiger partial charge < -0.3 is 9.73 Å². The van der Waals surface area contributed by atoms with Crippen molar-refractivity contribution in [3.8, 4) is 20.7 Å². The third kappa shape index (κ3) is 2.88. The molecule has 0 aromatic carbocycles. The summed E-state index contributed by atoms with van der Waals surface area (Å²) in [5.41, 5.74) is 0. The van der Waals surface area contributed by atoms with Gasteiger partial charge in [0.1, 0.15) is 0 Å². The smallest absolute Gasteiger partial charge is 0.206 e. The summed E-state index contributed by atoms with van der Waals surface area (Å²) < 4.78 is 5.34. The third-order valence-electron chi connectivity index (χ3n) is 2.68. The fourth-order valence-corrected chi connectivity index (χ4v) is 3.34. The van der Waals surface area contributed by atoms with Crippen LogP contribution in [0.15, 0.2) is 29.0 Å². The topological polar surface area (TPSA) is 63.8 Å². The predicted molar refractivity (Wildman–Crippen MR) is 82.1 cm³/mol. The van der Waals surface area contributed by atoms with E-state index >= 15 is 0 Å². The van der Waals surface area contributed by atoms with Gasteiger partial charge in [-0.05, 0) is 18.6 Å². The maximum absolute atomic E-state index is 5.34. The van der Waals surface area contributed by atoms with Gasteiger partial charge in [0.15, 0.2) is 15.8 Å². The highest BCUT2D eigenvalue weighted by molar-refractivity contribution is 7.24. The van der Waals surface area contributed by atoms with Crippen molar-refractivity contribution >= 4 is 27.8 Å². The maximum Gasteiger partial charge on any atom is 0.206 e. The molecule has 0 radical (unpaired) electrons. The molecule has 3 heterocycles. The Morgan fingerprint density at radius 1 is 1.25 bits per heavy atom. The van der Waals surface area contributed by atoms with E-state index in [1.54, 1.807) is 28.9 Å². The van der Waals surface area contributed by atoms with Crippen molar-refractivity contribution in [3.05, 3.63) is 24.6 Å².